The fraction of sp³-hybridized carbons (Fsp3) is 0.0154. The van der Waals surface area contributed by atoms with Crippen molar-refractivity contribution in [3.63, 3.8) is 0 Å². The minimum atomic E-state index is -2.78. The molecule has 0 unspecified atom stereocenters. The van der Waals surface area contributed by atoms with Gasteiger partial charge in [-0.3, -0.25) is 0 Å². The number of para-hydroxylation sites is 1. The van der Waals surface area contributed by atoms with E-state index < -0.39 is 13.5 Å². The van der Waals surface area contributed by atoms with Gasteiger partial charge in [0.25, 0.3) is 0 Å². The molecule has 1 aromatic heterocycles. The lowest BCUT2D eigenvalue weighted by atomic mass is 9.67. The maximum atomic E-state index is 6.70. The second-order valence-corrected chi connectivity index (χ2v) is 21.7. The van der Waals surface area contributed by atoms with Crippen LogP contribution in [0.2, 0.25) is 0 Å². The van der Waals surface area contributed by atoms with Crippen LogP contribution in [0.15, 0.2) is 277 Å². The monoisotopic (exact) mass is 883 g/mol. The van der Waals surface area contributed by atoms with Crippen LogP contribution in [0.3, 0.4) is 0 Å². The van der Waals surface area contributed by atoms with Gasteiger partial charge in [0.1, 0.15) is 11.2 Å². The molecule has 0 bridgehead atoms. The Hall–Kier alpha value is -8.50. The summed E-state index contributed by atoms with van der Waals surface area (Å²) in [7, 11) is -2.78. The third kappa shape index (κ3) is 5.96. The molecule has 1 aliphatic rings. The number of hydrogen-bond donors (Lipinski definition) is 0. The van der Waals surface area contributed by atoms with E-state index in [4.69, 9.17) is 4.42 Å². The average molecular weight is 884 g/mol. The predicted molar refractivity (Wildman–Crippen MR) is 287 cm³/mol. The third-order valence-corrected chi connectivity index (χ3v) is 19.3. The van der Waals surface area contributed by atoms with Crippen LogP contribution in [0.4, 0.5) is 17.1 Å². The van der Waals surface area contributed by atoms with E-state index >= 15 is 0 Å². The molecule has 12 aromatic rings. The van der Waals surface area contributed by atoms with E-state index in [1.54, 1.807) is 0 Å². The molecule has 0 fully saturated rings. The molecule has 13 rings (SSSR count). The first-order chi connectivity index (χ1) is 33.7. The van der Waals surface area contributed by atoms with Crippen LogP contribution in [0.1, 0.15) is 22.3 Å². The molecule has 68 heavy (non-hydrogen) atoms. The second kappa shape index (κ2) is 16.1. The van der Waals surface area contributed by atoms with Gasteiger partial charge < -0.3 is 9.32 Å². The van der Waals surface area contributed by atoms with Crippen LogP contribution in [0.5, 0.6) is 0 Å². The summed E-state index contributed by atoms with van der Waals surface area (Å²) >= 11 is 0. The molecule has 0 aliphatic heterocycles. The smallest absolute Gasteiger partial charge is 0.179 e. The highest BCUT2D eigenvalue weighted by Crippen LogP contribution is 2.57. The largest absolute Gasteiger partial charge is 0.455 e. The van der Waals surface area contributed by atoms with Crippen LogP contribution in [-0.2, 0) is 5.41 Å². The first-order valence-electron chi connectivity index (χ1n) is 23.5. The molecule has 0 amide bonds. The van der Waals surface area contributed by atoms with Gasteiger partial charge in [0.05, 0.1) is 11.1 Å². The summed E-state index contributed by atoms with van der Waals surface area (Å²) in [5.74, 6) is 0. The summed E-state index contributed by atoms with van der Waals surface area (Å²) < 4.78 is 6.70. The zero-order valence-corrected chi connectivity index (χ0v) is 38.3. The van der Waals surface area contributed by atoms with Gasteiger partial charge in [-0.15, -0.1) is 0 Å². The van der Waals surface area contributed by atoms with Gasteiger partial charge in [0.15, 0.2) is 8.07 Å². The Morgan fingerprint density at radius 2 is 0.794 bits per heavy atom. The number of furan rings is 1. The fourth-order valence-electron chi connectivity index (χ4n) is 11.6. The SMILES string of the molecule is c1ccc(C2(c3ccccc3)c3ccccc3-c3ccc(N(c4ccc([Si](c5ccccc5)(c5ccccc5)c5ccccc5)cc4)c4cccc5c4ccc4c6ccccc6oc54)cc32)cc1. The van der Waals surface area contributed by atoms with E-state index in [9.17, 15) is 0 Å². The van der Waals surface area contributed by atoms with E-state index in [2.05, 4.69) is 272 Å². The van der Waals surface area contributed by atoms with Crippen molar-refractivity contribution in [3.8, 4) is 11.1 Å². The van der Waals surface area contributed by atoms with Gasteiger partial charge in [-0.05, 0) is 96.6 Å². The van der Waals surface area contributed by atoms with E-state index in [0.29, 0.717) is 0 Å². The summed E-state index contributed by atoms with van der Waals surface area (Å²) in [5, 5.41) is 9.82. The molecular weight excluding hydrogens is 839 g/mol. The van der Waals surface area contributed by atoms with E-state index in [0.717, 1.165) is 49.8 Å². The van der Waals surface area contributed by atoms with Crippen molar-refractivity contribution in [2.75, 3.05) is 4.90 Å². The normalized spacial score (nSPS) is 12.8. The van der Waals surface area contributed by atoms with Crippen molar-refractivity contribution in [3.05, 3.63) is 295 Å². The van der Waals surface area contributed by atoms with Gasteiger partial charge >= 0.3 is 0 Å². The van der Waals surface area contributed by atoms with E-state index in [1.165, 1.54) is 54.1 Å². The maximum Gasteiger partial charge on any atom is 0.179 e. The molecular formula is C65H45NOSi. The molecule has 1 heterocycles. The highest BCUT2D eigenvalue weighted by molar-refractivity contribution is 7.19. The Morgan fingerprint density at radius 1 is 0.324 bits per heavy atom. The van der Waals surface area contributed by atoms with Crippen molar-refractivity contribution < 1.29 is 4.42 Å². The van der Waals surface area contributed by atoms with Gasteiger partial charge in [-0.2, -0.15) is 0 Å². The quantitative estimate of drug-likeness (QED) is 0.106. The Kier molecular flexibility index (Phi) is 9.45. The Bertz CT molecular complexity index is 3640. The van der Waals surface area contributed by atoms with Crippen molar-refractivity contribution >= 4 is 78.6 Å². The Labute approximate surface area is 397 Å². The summed E-state index contributed by atoms with van der Waals surface area (Å²) in [6.07, 6.45) is 0. The number of fused-ring (bicyclic) bond motifs is 8. The zero-order chi connectivity index (χ0) is 45.1. The lowest BCUT2D eigenvalue weighted by Gasteiger charge is -2.36. The molecule has 0 atom stereocenters. The number of benzene rings is 11. The molecule has 0 N–H and O–H groups in total. The highest BCUT2D eigenvalue weighted by Gasteiger charge is 2.46. The zero-order valence-electron chi connectivity index (χ0n) is 37.3. The van der Waals surface area contributed by atoms with Crippen molar-refractivity contribution in [1.82, 2.24) is 0 Å². The second-order valence-electron chi connectivity index (χ2n) is 17.9. The topological polar surface area (TPSA) is 16.4 Å². The molecule has 0 saturated heterocycles. The number of anilines is 3. The molecule has 0 saturated carbocycles. The maximum absolute atomic E-state index is 6.70. The molecule has 11 aromatic carbocycles. The van der Waals surface area contributed by atoms with Crippen LogP contribution < -0.4 is 25.6 Å². The van der Waals surface area contributed by atoms with Gasteiger partial charge in [-0.25, -0.2) is 0 Å². The van der Waals surface area contributed by atoms with Gasteiger partial charge in [-0.1, -0.05) is 231 Å². The Morgan fingerprint density at radius 3 is 1.43 bits per heavy atom. The minimum Gasteiger partial charge on any atom is -0.455 e. The summed E-state index contributed by atoms with van der Waals surface area (Å²) in [4.78, 5) is 2.47. The molecule has 0 radical (unpaired) electrons. The molecule has 1 aliphatic carbocycles. The fourth-order valence-corrected chi connectivity index (χ4v) is 16.4. The predicted octanol–water partition coefficient (Wildman–Crippen LogP) is 13.9. The van der Waals surface area contributed by atoms with Gasteiger partial charge in [0.2, 0.25) is 0 Å². The number of nitrogens with zero attached hydrogens (tertiary/aromatic N) is 1. The standard InChI is InChI=1S/C65H45NOSi/c1-6-21-46(22-7-1)65(47-23-8-2-9-24-47)60-34-18-16-31-54(60)55-42-39-49(45-61(55)65)66(62-35-20-33-58-56(62)43-44-59-57-32-17-19-36-63(57)67-64(58)59)48-37-40-53(41-38-48)68(50-25-10-3-11-26-50,51-27-12-4-13-28-51)52-29-14-5-15-30-52/h1-45H. The van der Waals surface area contributed by atoms with Gasteiger partial charge in [0, 0.05) is 32.9 Å². The third-order valence-electron chi connectivity index (χ3n) is 14.5. The summed E-state index contributed by atoms with van der Waals surface area (Å²) in [5.41, 5.74) is 12.0. The summed E-state index contributed by atoms with van der Waals surface area (Å²) in [6.45, 7) is 0. The highest BCUT2D eigenvalue weighted by atomic mass is 28.3. The van der Waals surface area contributed by atoms with Crippen LogP contribution in [-0.4, -0.2) is 8.07 Å². The van der Waals surface area contributed by atoms with Crippen molar-refractivity contribution in [1.29, 1.82) is 0 Å². The molecule has 0 spiro atoms. The van der Waals surface area contributed by atoms with E-state index in [1.807, 2.05) is 6.07 Å². The van der Waals surface area contributed by atoms with Crippen molar-refractivity contribution in [2.24, 2.45) is 0 Å². The molecule has 3 heteroatoms. The molecule has 2 nitrogen and oxygen atoms in total. The van der Waals surface area contributed by atoms with Crippen LogP contribution in [0, 0.1) is 0 Å². The minimum absolute atomic E-state index is 0.550. The van der Waals surface area contributed by atoms with Crippen LogP contribution in [0.25, 0.3) is 43.8 Å². The van der Waals surface area contributed by atoms with E-state index in [-0.39, 0.29) is 0 Å². The first-order valence-corrected chi connectivity index (χ1v) is 25.5. The van der Waals surface area contributed by atoms with Crippen LogP contribution >= 0.6 is 0 Å². The lowest BCUT2D eigenvalue weighted by Crippen LogP contribution is -2.74. The molecule has 320 valence electrons. The lowest BCUT2D eigenvalue weighted by molar-refractivity contribution is 0.672. The number of hydrogen-bond acceptors (Lipinski definition) is 2. The first kappa shape index (κ1) is 39.8. The average Bonchev–Trinajstić information content (AvgIpc) is 3.95. The summed E-state index contributed by atoms with van der Waals surface area (Å²) in [6, 6.07) is 101. The number of rotatable bonds is 9. The van der Waals surface area contributed by atoms with Crippen molar-refractivity contribution in [2.45, 2.75) is 5.41 Å². The Balaban J connectivity index is 1.08.